The van der Waals surface area contributed by atoms with Crippen LogP contribution in [-0.4, -0.2) is 23.3 Å². The smallest absolute Gasteiger partial charge is 0.269 e. The van der Waals surface area contributed by atoms with Crippen molar-refractivity contribution in [2.75, 3.05) is 17.2 Å². The molecule has 0 heterocycles. The summed E-state index contributed by atoms with van der Waals surface area (Å²) in [6.45, 7) is 1.42. The summed E-state index contributed by atoms with van der Waals surface area (Å²) in [5.41, 5.74) is 0.769. The maximum atomic E-state index is 12.0. The van der Waals surface area contributed by atoms with Crippen LogP contribution in [0.5, 0.6) is 5.75 Å². The van der Waals surface area contributed by atoms with Crippen molar-refractivity contribution in [3.05, 3.63) is 57.6 Å². The average Bonchev–Trinajstić information content (AvgIpc) is 2.63. The summed E-state index contributed by atoms with van der Waals surface area (Å²) in [5.74, 6) is -0.309. The van der Waals surface area contributed by atoms with Gasteiger partial charge < -0.3 is 15.4 Å². The highest BCUT2D eigenvalue weighted by molar-refractivity contribution is 6.33. The number of halogens is 1. The first-order valence-electron chi connectivity index (χ1n) is 7.65. The molecule has 2 rings (SSSR count). The summed E-state index contributed by atoms with van der Waals surface area (Å²) < 4.78 is 5.28. The molecule has 2 amide bonds. The third kappa shape index (κ3) is 5.45. The molecule has 0 aliphatic heterocycles. The van der Waals surface area contributed by atoms with E-state index in [0.29, 0.717) is 28.6 Å². The Labute approximate surface area is 154 Å². The fraction of sp³-hybridized carbons (Fsp3) is 0.176. The molecule has 0 saturated carbocycles. The van der Waals surface area contributed by atoms with Gasteiger partial charge in [0.2, 0.25) is 5.91 Å². The number of carbonyl (C=O) groups is 2. The summed E-state index contributed by atoms with van der Waals surface area (Å²) in [6.07, 6.45) is 0.327. The number of hydrogen-bond donors (Lipinski definition) is 2. The van der Waals surface area contributed by atoms with Gasteiger partial charge >= 0.3 is 0 Å². The van der Waals surface area contributed by atoms with Gasteiger partial charge in [-0.2, -0.15) is 0 Å². The van der Waals surface area contributed by atoms with Crippen molar-refractivity contribution in [2.45, 2.75) is 13.3 Å². The number of anilines is 2. The molecule has 0 aliphatic carbocycles. The first kappa shape index (κ1) is 19.2. The van der Waals surface area contributed by atoms with E-state index >= 15 is 0 Å². The van der Waals surface area contributed by atoms with Crippen molar-refractivity contribution in [3.8, 4) is 5.75 Å². The van der Waals surface area contributed by atoms with Crippen molar-refractivity contribution in [1.82, 2.24) is 0 Å². The van der Waals surface area contributed by atoms with Gasteiger partial charge in [0.15, 0.2) is 6.61 Å². The predicted octanol–water partition coefficient (Wildman–Crippen LogP) is 3.61. The van der Waals surface area contributed by atoms with E-state index < -0.39 is 10.8 Å². The minimum atomic E-state index is -0.525. The zero-order chi connectivity index (χ0) is 19.1. The number of nitro groups is 1. The van der Waals surface area contributed by atoms with Crippen LogP contribution in [0.15, 0.2) is 42.5 Å². The average molecular weight is 378 g/mol. The molecule has 0 unspecified atom stereocenters. The highest BCUT2D eigenvalue weighted by atomic mass is 35.5. The van der Waals surface area contributed by atoms with Crippen LogP contribution in [-0.2, 0) is 9.59 Å². The van der Waals surface area contributed by atoms with Gasteiger partial charge in [-0.05, 0) is 30.3 Å². The van der Waals surface area contributed by atoms with Gasteiger partial charge in [0.25, 0.3) is 11.6 Å². The molecule has 0 radical (unpaired) electrons. The van der Waals surface area contributed by atoms with E-state index in [-0.39, 0.29) is 18.2 Å². The van der Waals surface area contributed by atoms with E-state index in [9.17, 15) is 19.7 Å². The number of benzene rings is 2. The summed E-state index contributed by atoms with van der Waals surface area (Å²) >= 11 is 6.04. The van der Waals surface area contributed by atoms with E-state index in [2.05, 4.69) is 10.6 Å². The zero-order valence-electron chi connectivity index (χ0n) is 13.8. The molecule has 2 N–H and O–H groups in total. The lowest BCUT2D eigenvalue weighted by Crippen LogP contribution is -2.20. The lowest BCUT2D eigenvalue weighted by atomic mass is 10.2. The molecule has 0 atom stereocenters. The van der Waals surface area contributed by atoms with E-state index in [1.807, 2.05) is 0 Å². The topological polar surface area (TPSA) is 111 Å². The monoisotopic (exact) mass is 377 g/mol. The van der Waals surface area contributed by atoms with Crippen LogP contribution in [0, 0.1) is 10.1 Å². The van der Waals surface area contributed by atoms with Gasteiger partial charge in [0, 0.05) is 24.2 Å². The minimum absolute atomic E-state index is 0.0699. The number of amides is 2. The van der Waals surface area contributed by atoms with Crippen LogP contribution in [0.25, 0.3) is 0 Å². The Balaban J connectivity index is 1.95. The number of nitrogens with one attached hydrogen (secondary N) is 2. The van der Waals surface area contributed by atoms with Crippen molar-refractivity contribution < 1.29 is 19.2 Å². The van der Waals surface area contributed by atoms with Crippen molar-refractivity contribution >= 4 is 40.5 Å². The number of nitro benzene ring substituents is 1. The first-order valence-corrected chi connectivity index (χ1v) is 8.03. The Bertz CT molecular complexity index is 824. The summed E-state index contributed by atoms with van der Waals surface area (Å²) in [7, 11) is 0. The molecule has 136 valence electrons. The maximum Gasteiger partial charge on any atom is 0.269 e. The molecule has 2 aromatic rings. The highest BCUT2D eigenvalue weighted by Gasteiger charge is 2.10. The Morgan fingerprint density at radius 1 is 1.12 bits per heavy atom. The number of non-ortho nitro benzene ring substituents is 1. The van der Waals surface area contributed by atoms with E-state index in [1.165, 1.54) is 24.3 Å². The Kier molecular flexibility index (Phi) is 6.51. The van der Waals surface area contributed by atoms with Crippen LogP contribution < -0.4 is 15.4 Å². The molecule has 9 heteroatoms. The summed E-state index contributed by atoms with van der Waals surface area (Å²) in [5, 5.41) is 16.2. The van der Waals surface area contributed by atoms with Crippen LogP contribution >= 0.6 is 11.6 Å². The van der Waals surface area contributed by atoms with Gasteiger partial charge in [-0.15, -0.1) is 0 Å². The van der Waals surface area contributed by atoms with Crippen LogP contribution in [0.1, 0.15) is 13.3 Å². The molecular formula is C17H16ClN3O5. The van der Waals surface area contributed by atoms with Crippen molar-refractivity contribution in [2.24, 2.45) is 0 Å². The molecule has 0 bridgehead atoms. The molecule has 0 aromatic heterocycles. The van der Waals surface area contributed by atoms with Gasteiger partial charge in [0.1, 0.15) is 5.75 Å². The molecule has 0 spiro atoms. The number of nitrogens with zero attached hydrogens (tertiary/aromatic N) is 1. The quantitative estimate of drug-likeness (QED) is 0.565. The fourth-order valence-electron chi connectivity index (χ4n) is 1.95. The predicted molar refractivity (Wildman–Crippen MR) is 97.6 cm³/mol. The lowest BCUT2D eigenvalue weighted by Gasteiger charge is -2.11. The summed E-state index contributed by atoms with van der Waals surface area (Å²) in [4.78, 5) is 33.5. The number of carbonyl (C=O) groups excluding carboxylic acids is 2. The molecule has 26 heavy (non-hydrogen) atoms. The van der Waals surface area contributed by atoms with Crippen LogP contribution in [0.4, 0.5) is 17.1 Å². The Hall–Kier alpha value is -3.13. The van der Waals surface area contributed by atoms with Gasteiger partial charge in [-0.1, -0.05) is 18.5 Å². The van der Waals surface area contributed by atoms with E-state index in [1.54, 1.807) is 25.1 Å². The van der Waals surface area contributed by atoms with Crippen LogP contribution in [0.2, 0.25) is 5.02 Å². The van der Waals surface area contributed by atoms with Crippen molar-refractivity contribution in [1.29, 1.82) is 0 Å². The Morgan fingerprint density at radius 3 is 2.42 bits per heavy atom. The second-order valence-electron chi connectivity index (χ2n) is 5.18. The van der Waals surface area contributed by atoms with Gasteiger partial charge in [0.05, 0.1) is 15.6 Å². The zero-order valence-corrected chi connectivity index (χ0v) is 14.6. The fourth-order valence-corrected chi connectivity index (χ4v) is 2.11. The standard InChI is InChI=1S/C17H16ClN3O5/c1-2-16(22)19-11-3-8-14(18)15(9-11)20-17(23)10-26-13-6-4-12(5-7-13)21(24)25/h3-9H,2,10H2,1H3,(H,19,22)(H,20,23). The molecule has 0 aliphatic rings. The minimum Gasteiger partial charge on any atom is -0.484 e. The van der Waals surface area contributed by atoms with Gasteiger partial charge in [-0.3, -0.25) is 19.7 Å². The Morgan fingerprint density at radius 2 is 1.81 bits per heavy atom. The van der Waals surface area contributed by atoms with Gasteiger partial charge in [-0.25, -0.2) is 0 Å². The molecule has 2 aromatic carbocycles. The second-order valence-corrected chi connectivity index (χ2v) is 5.59. The molecule has 0 fully saturated rings. The number of rotatable bonds is 7. The highest BCUT2D eigenvalue weighted by Crippen LogP contribution is 2.26. The van der Waals surface area contributed by atoms with E-state index in [4.69, 9.17) is 16.3 Å². The third-order valence-electron chi connectivity index (χ3n) is 3.26. The lowest BCUT2D eigenvalue weighted by molar-refractivity contribution is -0.384. The SMILES string of the molecule is CCC(=O)Nc1ccc(Cl)c(NC(=O)COc2ccc([N+](=O)[O-])cc2)c1. The second kappa shape index (κ2) is 8.82. The first-order chi connectivity index (χ1) is 12.4. The third-order valence-corrected chi connectivity index (χ3v) is 3.59. The molecular weight excluding hydrogens is 362 g/mol. The normalized spacial score (nSPS) is 10.1. The van der Waals surface area contributed by atoms with Crippen molar-refractivity contribution in [3.63, 3.8) is 0 Å². The van der Waals surface area contributed by atoms with Crippen LogP contribution in [0.3, 0.4) is 0 Å². The molecule has 0 saturated heterocycles. The molecule has 8 nitrogen and oxygen atoms in total. The largest absolute Gasteiger partial charge is 0.484 e. The van der Waals surface area contributed by atoms with E-state index in [0.717, 1.165) is 0 Å². The number of ether oxygens (including phenoxy) is 1. The summed E-state index contributed by atoms with van der Waals surface area (Å²) in [6, 6.07) is 10.1. The number of hydrogen-bond acceptors (Lipinski definition) is 5. The maximum absolute atomic E-state index is 12.0.